The summed E-state index contributed by atoms with van der Waals surface area (Å²) in [6, 6.07) is 0. The van der Waals surface area contributed by atoms with Crippen molar-refractivity contribution in [3.05, 3.63) is 0 Å². The molecule has 0 unspecified atom stereocenters. The number of hydrogen-bond acceptors (Lipinski definition) is 7. The van der Waals surface area contributed by atoms with E-state index in [0.29, 0.717) is 0 Å². The fourth-order valence-corrected chi connectivity index (χ4v) is 1.35. The molecule has 12 heavy (non-hydrogen) atoms. The molecule has 0 saturated heterocycles. The monoisotopic (exact) mass is 322 g/mol. The maximum Gasteiger partial charge on any atom is 4.00 e. The second-order valence-corrected chi connectivity index (χ2v) is 6.05. The van der Waals surface area contributed by atoms with E-state index in [1.54, 1.807) is 0 Å². The van der Waals surface area contributed by atoms with Crippen molar-refractivity contribution in [1.82, 2.24) is 0 Å². The van der Waals surface area contributed by atoms with E-state index in [2.05, 4.69) is 0 Å². The smallest absolute Gasteiger partial charge is 0.808 e. The number of aliphatic hydroxyl groups is 1. The van der Waals surface area contributed by atoms with Crippen molar-refractivity contribution in [2.24, 2.45) is 0 Å². The van der Waals surface area contributed by atoms with Crippen molar-refractivity contribution >= 4 is 39.1 Å². The quantitative estimate of drug-likeness (QED) is 0.404. The Morgan fingerprint density at radius 1 is 1.08 bits per heavy atom. The average molecular weight is 321 g/mol. The van der Waals surface area contributed by atoms with Crippen LogP contribution in [-0.2, 0) is 9.13 Å². The maximum absolute atomic E-state index is 9.95. The van der Waals surface area contributed by atoms with Gasteiger partial charge in [-0.2, -0.15) is 0 Å². The van der Waals surface area contributed by atoms with E-state index in [1.807, 2.05) is 0 Å². The second kappa shape index (κ2) is 4.06. The Bertz CT molecular complexity index is 212. The van der Waals surface area contributed by atoms with Crippen LogP contribution in [0.4, 0.5) is 0 Å². The Morgan fingerprint density at radius 2 is 1.25 bits per heavy atom. The first-order chi connectivity index (χ1) is 4.50. The standard InChI is InChI=1S/C2H8O7P2.Sn/c1-2(3,10(4,5)6)11(7,8)9;/h3H,1H3,(H2,4,5,6)(H2,7,8,9);/q;+4/p-4. The molecule has 10 heteroatoms. The van der Waals surface area contributed by atoms with Gasteiger partial charge in [-0.25, -0.2) is 0 Å². The minimum absolute atomic E-state index is 0. The molecule has 0 radical (unpaired) electrons. The average Bonchev–Trinajstić information content (AvgIpc) is 1.58. The van der Waals surface area contributed by atoms with E-state index < -0.39 is 20.3 Å². The van der Waals surface area contributed by atoms with Gasteiger partial charge in [-0.05, 0) is 22.1 Å². The molecule has 0 aromatic carbocycles. The van der Waals surface area contributed by atoms with Crippen LogP contribution in [0.15, 0.2) is 0 Å². The SMILES string of the molecule is CC(O)(P(=O)([O-])[O-])P(=O)([O-])[O-].[Sn+4]. The third-order valence-electron chi connectivity index (χ3n) is 1.04. The van der Waals surface area contributed by atoms with Gasteiger partial charge >= 0.3 is 23.9 Å². The molecule has 68 valence electrons. The molecule has 0 aliphatic carbocycles. The molecule has 0 amide bonds. The van der Waals surface area contributed by atoms with Crippen LogP contribution in [0.5, 0.6) is 0 Å². The second-order valence-electron chi connectivity index (χ2n) is 1.97. The van der Waals surface area contributed by atoms with E-state index in [4.69, 9.17) is 5.11 Å². The third kappa shape index (κ3) is 3.08. The summed E-state index contributed by atoms with van der Waals surface area (Å²) < 4.78 is 19.9. The summed E-state index contributed by atoms with van der Waals surface area (Å²) in [4.78, 5) is 39.8. The molecule has 0 aliphatic heterocycles. The molecule has 0 aromatic rings. The van der Waals surface area contributed by atoms with Gasteiger partial charge in [0.25, 0.3) is 0 Å². The van der Waals surface area contributed by atoms with Crippen molar-refractivity contribution in [3.63, 3.8) is 0 Å². The van der Waals surface area contributed by atoms with E-state index in [1.165, 1.54) is 0 Å². The fraction of sp³-hybridized carbons (Fsp3) is 1.00. The molecule has 0 bridgehead atoms. The molecule has 0 spiro atoms. The molecule has 0 atom stereocenters. The first-order valence-corrected chi connectivity index (χ1v) is 5.35. The van der Waals surface area contributed by atoms with Gasteiger partial charge in [0.15, 0.2) is 0 Å². The first-order valence-electron chi connectivity index (χ1n) is 2.27. The minimum Gasteiger partial charge on any atom is -0.808 e. The van der Waals surface area contributed by atoms with Crippen molar-refractivity contribution in [2.75, 3.05) is 0 Å². The summed E-state index contributed by atoms with van der Waals surface area (Å²) in [5, 5.41) is 4.68. The molecule has 0 aromatic heterocycles. The molecular weight excluding hydrogens is 317 g/mol. The molecule has 0 aliphatic rings. The predicted molar refractivity (Wildman–Crippen MR) is 31.6 cm³/mol. The van der Waals surface area contributed by atoms with E-state index in [0.717, 1.165) is 0 Å². The molecule has 7 nitrogen and oxygen atoms in total. The van der Waals surface area contributed by atoms with Crippen LogP contribution < -0.4 is 19.6 Å². The Labute approximate surface area is 85.1 Å². The van der Waals surface area contributed by atoms with Gasteiger partial charge in [0, 0.05) is 0 Å². The van der Waals surface area contributed by atoms with Gasteiger partial charge in [-0.1, -0.05) is 0 Å². The molecular formula is C2H4O7P2Sn. The Balaban J connectivity index is 0. The summed E-state index contributed by atoms with van der Waals surface area (Å²) in [7, 11) is -11.6. The summed E-state index contributed by atoms with van der Waals surface area (Å²) in [6.45, 7) is 0.133. The third-order valence-corrected chi connectivity index (χ3v) is 4.58. The maximum atomic E-state index is 9.95. The molecule has 1 N–H and O–H groups in total. The predicted octanol–water partition coefficient (Wildman–Crippen LogP) is -3.90. The van der Waals surface area contributed by atoms with E-state index in [-0.39, 0.29) is 30.8 Å². The summed E-state index contributed by atoms with van der Waals surface area (Å²) >= 11 is 0. The van der Waals surface area contributed by atoms with Gasteiger partial charge < -0.3 is 33.8 Å². The van der Waals surface area contributed by atoms with Crippen LogP contribution in [0, 0.1) is 0 Å². The van der Waals surface area contributed by atoms with Crippen LogP contribution in [0.2, 0.25) is 0 Å². The van der Waals surface area contributed by atoms with Crippen molar-refractivity contribution < 1.29 is 33.8 Å². The normalized spacial score (nSPS) is 13.8. The Hall–Kier alpha value is 1.06. The van der Waals surface area contributed by atoms with Gasteiger partial charge in [0.2, 0.25) is 0 Å². The van der Waals surface area contributed by atoms with Gasteiger partial charge in [0.05, 0.1) is 0 Å². The van der Waals surface area contributed by atoms with Crippen LogP contribution in [-0.4, -0.2) is 34.1 Å². The molecule has 0 heterocycles. The van der Waals surface area contributed by atoms with Crippen LogP contribution >= 0.6 is 15.2 Å². The van der Waals surface area contributed by atoms with Gasteiger partial charge in [0.1, 0.15) is 5.08 Å². The van der Waals surface area contributed by atoms with Gasteiger partial charge in [-0.15, -0.1) is 0 Å². The van der Waals surface area contributed by atoms with Crippen molar-refractivity contribution in [3.8, 4) is 0 Å². The van der Waals surface area contributed by atoms with E-state index in [9.17, 15) is 28.7 Å². The summed E-state index contributed by atoms with van der Waals surface area (Å²) in [5.74, 6) is 0. The van der Waals surface area contributed by atoms with Crippen LogP contribution in [0.1, 0.15) is 6.92 Å². The Kier molecular flexibility index (Phi) is 5.25. The minimum atomic E-state index is -5.82. The zero-order chi connectivity index (χ0) is 9.50. The number of rotatable bonds is 2. The van der Waals surface area contributed by atoms with Crippen LogP contribution in [0.25, 0.3) is 0 Å². The molecule has 0 rings (SSSR count). The Morgan fingerprint density at radius 3 is 1.25 bits per heavy atom. The largest absolute Gasteiger partial charge is 4.00 e. The number of hydrogen-bond donors (Lipinski definition) is 1. The van der Waals surface area contributed by atoms with Gasteiger partial charge in [-0.3, -0.25) is 0 Å². The first kappa shape index (κ1) is 15.5. The molecule has 0 fully saturated rings. The summed E-state index contributed by atoms with van der Waals surface area (Å²) in [6.07, 6.45) is 0. The summed E-state index contributed by atoms with van der Waals surface area (Å²) in [5.41, 5.74) is 0. The zero-order valence-electron chi connectivity index (χ0n) is 5.79. The molecule has 0 saturated carbocycles. The van der Waals surface area contributed by atoms with Crippen LogP contribution in [0.3, 0.4) is 0 Å². The van der Waals surface area contributed by atoms with E-state index >= 15 is 0 Å². The van der Waals surface area contributed by atoms with Crippen molar-refractivity contribution in [1.29, 1.82) is 0 Å². The van der Waals surface area contributed by atoms with Crippen molar-refractivity contribution in [2.45, 2.75) is 12.0 Å². The zero-order valence-corrected chi connectivity index (χ0v) is 10.4. The topological polar surface area (TPSA) is 147 Å². The fourth-order valence-electron chi connectivity index (χ4n) is 0.150.